The highest BCUT2D eigenvalue weighted by atomic mass is 16.7. The van der Waals surface area contributed by atoms with Crippen LogP contribution >= 0.6 is 0 Å². The molecule has 0 amide bonds. The number of benzene rings is 2. The first-order valence-electron chi connectivity index (χ1n) is 12.3. The van der Waals surface area contributed by atoms with Gasteiger partial charge in [-0.05, 0) is 98.1 Å². The van der Waals surface area contributed by atoms with Crippen molar-refractivity contribution >= 4 is 10.9 Å². The van der Waals surface area contributed by atoms with Gasteiger partial charge in [0.2, 0.25) is 6.79 Å². The van der Waals surface area contributed by atoms with Gasteiger partial charge in [0, 0.05) is 36.2 Å². The van der Waals surface area contributed by atoms with Crippen molar-refractivity contribution in [1.29, 1.82) is 0 Å². The smallest absolute Gasteiger partial charge is 0.231 e. The highest BCUT2D eigenvalue weighted by Gasteiger charge is 2.32. The Bertz CT molecular complexity index is 1140. The lowest BCUT2D eigenvalue weighted by Crippen LogP contribution is -2.41. The van der Waals surface area contributed by atoms with Crippen molar-refractivity contribution in [2.75, 3.05) is 40.1 Å². The molecule has 6 nitrogen and oxygen atoms in total. The van der Waals surface area contributed by atoms with Gasteiger partial charge in [-0.25, -0.2) is 0 Å². The monoisotopic (exact) mass is 447 g/mol. The summed E-state index contributed by atoms with van der Waals surface area (Å²) in [6, 6.07) is 11.2. The predicted molar refractivity (Wildman–Crippen MR) is 129 cm³/mol. The molecule has 0 saturated carbocycles. The van der Waals surface area contributed by atoms with Crippen molar-refractivity contribution in [3.05, 3.63) is 53.2 Å². The standard InChI is InChI=1S/C27H33N3O3/c1-31-21-3-4-24-22(13-21)20(15-29-24)2-5-25-23-14-27-26(32-17-33-27)12-19(23)8-11-30(25)16-18-6-9-28-10-7-18/h3-4,12-15,18,25,28-29H,2,5-11,16-17H2,1H3. The maximum absolute atomic E-state index is 5.76. The topological polar surface area (TPSA) is 58.8 Å². The van der Waals surface area contributed by atoms with E-state index in [-0.39, 0.29) is 0 Å². The molecule has 0 spiro atoms. The molecule has 6 rings (SSSR count). The van der Waals surface area contributed by atoms with E-state index in [9.17, 15) is 0 Å². The van der Waals surface area contributed by atoms with Gasteiger partial charge < -0.3 is 24.5 Å². The van der Waals surface area contributed by atoms with Crippen LogP contribution in [-0.4, -0.2) is 50.0 Å². The summed E-state index contributed by atoms with van der Waals surface area (Å²) in [6.45, 7) is 4.93. The summed E-state index contributed by atoms with van der Waals surface area (Å²) >= 11 is 0. The molecular weight excluding hydrogens is 414 g/mol. The molecule has 1 atom stereocenters. The van der Waals surface area contributed by atoms with E-state index in [2.05, 4.69) is 45.7 Å². The summed E-state index contributed by atoms with van der Waals surface area (Å²) in [5.41, 5.74) is 5.38. The third-order valence-corrected chi connectivity index (χ3v) is 7.72. The number of ether oxygens (including phenoxy) is 3. The van der Waals surface area contributed by atoms with E-state index in [0.717, 1.165) is 62.1 Å². The lowest BCUT2D eigenvalue weighted by atomic mass is 9.86. The van der Waals surface area contributed by atoms with Crippen LogP contribution in [0, 0.1) is 5.92 Å². The number of H-pyrrole nitrogens is 1. The van der Waals surface area contributed by atoms with Crippen LogP contribution in [0.2, 0.25) is 0 Å². The number of aromatic amines is 1. The van der Waals surface area contributed by atoms with E-state index in [1.54, 1.807) is 7.11 Å². The summed E-state index contributed by atoms with van der Waals surface area (Å²) in [6.07, 6.45) is 7.91. The van der Waals surface area contributed by atoms with Gasteiger partial charge in [0.05, 0.1) is 7.11 Å². The number of hydrogen-bond donors (Lipinski definition) is 2. The van der Waals surface area contributed by atoms with E-state index < -0.39 is 0 Å². The minimum atomic E-state index is 0.332. The van der Waals surface area contributed by atoms with Crippen LogP contribution in [0.5, 0.6) is 17.2 Å². The predicted octanol–water partition coefficient (Wildman–Crippen LogP) is 4.44. The second-order valence-electron chi connectivity index (χ2n) is 9.62. The summed E-state index contributed by atoms with van der Waals surface area (Å²) in [5, 5.41) is 4.78. The van der Waals surface area contributed by atoms with E-state index in [4.69, 9.17) is 14.2 Å². The Kier molecular flexibility index (Phi) is 5.64. The maximum atomic E-state index is 5.76. The first-order chi connectivity index (χ1) is 16.3. The Morgan fingerprint density at radius 2 is 1.94 bits per heavy atom. The van der Waals surface area contributed by atoms with E-state index >= 15 is 0 Å². The Balaban J connectivity index is 1.29. The molecule has 33 heavy (non-hydrogen) atoms. The fourth-order valence-electron chi connectivity index (χ4n) is 5.88. The van der Waals surface area contributed by atoms with Gasteiger partial charge in [-0.1, -0.05) is 0 Å². The summed E-state index contributed by atoms with van der Waals surface area (Å²) in [4.78, 5) is 6.19. The van der Waals surface area contributed by atoms with Gasteiger partial charge in [0.25, 0.3) is 0 Å². The number of aromatic nitrogens is 1. The average Bonchev–Trinajstić information content (AvgIpc) is 3.48. The number of fused-ring (bicyclic) bond motifs is 3. The van der Waals surface area contributed by atoms with Gasteiger partial charge in [-0.3, -0.25) is 4.90 Å². The zero-order valence-electron chi connectivity index (χ0n) is 19.4. The third kappa shape index (κ3) is 4.06. The van der Waals surface area contributed by atoms with Gasteiger partial charge in [0.1, 0.15) is 5.75 Å². The normalized spacial score (nSPS) is 20.8. The second kappa shape index (κ2) is 8.92. The summed E-state index contributed by atoms with van der Waals surface area (Å²) < 4.78 is 16.9. The maximum Gasteiger partial charge on any atom is 0.231 e. The Hall–Kier alpha value is -2.70. The number of nitrogens with zero attached hydrogens (tertiary/aromatic N) is 1. The molecule has 2 aromatic carbocycles. The molecule has 0 radical (unpaired) electrons. The fourth-order valence-corrected chi connectivity index (χ4v) is 5.88. The molecule has 2 N–H and O–H groups in total. The molecule has 3 aromatic rings. The first kappa shape index (κ1) is 20.9. The average molecular weight is 448 g/mol. The molecule has 3 aliphatic rings. The number of rotatable bonds is 6. The molecule has 3 aliphatic heterocycles. The molecular formula is C27H33N3O3. The molecule has 174 valence electrons. The lowest BCUT2D eigenvalue weighted by molar-refractivity contribution is 0.135. The molecule has 6 heteroatoms. The molecule has 1 fully saturated rings. The van der Waals surface area contributed by atoms with Crippen molar-refractivity contribution in [3.63, 3.8) is 0 Å². The summed E-state index contributed by atoms with van der Waals surface area (Å²) in [7, 11) is 1.73. The molecule has 0 aliphatic carbocycles. The summed E-state index contributed by atoms with van der Waals surface area (Å²) in [5.74, 6) is 3.50. The molecule has 1 aromatic heterocycles. The number of methoxy groups -OCH3 is 1. The third-order valence-electron chi connectivity index (χ3n) is 7.72. The molecule has 1 unspecified atom stereocenters. The van der Waals surface area contributed by atoms with Crippen molar-refractivity contribution in [1.82, 2.24) is 15.2 Å². The SMILES string of the molecule is COc1ccc2[nH]cc(CCC3c4cc5c(cc4CCN3CC3CCNCC3)OCO5)c2c1. The van der Waals surface area contributed by atoms with Gasteiger partial charge in [-0.2, -0.15) is 0 Å². The van der Waals surface area contributed by atoms with Crippen molar-refractivity contribution in [3.8, 4) is 17.2 Å². The minimum Gasteiger partial charge on any atom is -0.497 e. The van der Waals surface area contributed by atoms with Crippen LogP contribution in [0.4, 0.5) is 0 Å². The van der Waals surface area contributed by atoms with E-state index in [1.807, 2.05) is 6.07 Å². The van der Waals surface area contributed by atoms with Gasteiger partial charge >= 0.3 is 0 Å². The lowest BCUT2D eigenvalue weighted by Gasteiger charge is -2.40. The fraction of sp³-hybridized carbons (Fsp3) is 0.481. The molecule has 1 saturated heterocycles. The Labute approximate surface area is 195 Å². The number of piperidine rings is 1. The number of aryl methyl sites for hydroxylation is 1. The second-order valence-corrected chi connectivity index (χ2v) is 9.62. The molecule has 4 heterocycles. The van der Waals surface area contributed by atoms with Crippen molar-refractivity contribution < 1.29 is 14.2 Å². The van der Waals surface area contributed by atoms with Gasteiger partial charge in [-0.15, -0.1) is 0 Å². The van der Waals surface area contributed by atoms with Crippen molar-refractivity contribution in [2.45, 2.75) is 38.1 Å². The highest BCUT2D eigenvalue weighted by molar-refractivity contribution is 5.84. The Morgan fingerprint density at radius 3 is 2.79 bits per heavy atom. The van der Waals surface area contributed by atoms with Crippen LogP contribution in [-0.2, 0) is 12.8 Å². The van der Waals surface area contributed by atoms with E-state index in [1.165, 1.54) is 47.0 Å². The number of nitrogens with one attached hydrogen (secondary N) is 2. The highest BCUT2D eigenvalue weighted by Crippen LogP contribution is 2.42. The van der Waals surface area contributed by atoms with Crippen LogP contribution < -0.4 is 19.5 Å². The quantitative estimate of drug-likeness (QED) is 0.585. The van der Waals surface area contributed by atoms with Crippen LogP contribution in [0.1, 0.15) is 42.0 Å². The van der Waals surface area contributed by atoms with Crippen LogP contribution in [0.15, 0.2) is 36.5 Å². The Morgan fingerprint density at radius 1 is 1.09 bits per heavy atom. The minimum absolute atomic E-state index is 0.332. The number of hydrogen-bond acceptors (Lipinski definition) is 5. The van der Waals surface area contributed by atoms with Crippen LogP contribution in [0.25, 0.3) is 10.9 Å². The van der Waals surface area contributed by atoms with E-state index in [0.29, 0.717) is 12.8 Å². The largest absolute Gasteiger partial charge is 0.497 e. The molecule has 0 bridgehead atoms. The van der Waals surface area contributed by atoms with Crippen LogP contribution in [0.3, 0.4) is 0 Å². The zero-order valence-corrected chi connectivity index (χ0v) is 19.4. The first-order valence-corrected chi connectivity index (χ1v) is 12.3. The van der Waals surface area contributed by atoms with Crippen molar-refractivity contribution in [2.24, 2.45) is 5.92 Å². The zero-order chi connectivity index (χ0) is 22.2. The van der Waals surface area contributed by atoms with Gasteiger partial charge in [0.15, 0.2) is 11.5 Å².